The van der Waals surface area contributed by atoms with Gasteiger partial charge in [0.05, 0.1) is 24.7 Å². The number of hydrogen-bond donors (Lipinski definition) is 2. The Balaban J connectivity index is 1.98. The summed E-state index contributed by atoms with van der Waals surface area (Å²) >= 11 is 0. The lowest BCUT2D eigenvalue weighted by Gasteiger charge is -2.09. The first-order valence-electron chi connectivity index (χ1n) is 7.58. The molecular weight excluding hydrogens is 320 g/mol. The lowest BCUT2D eigenvalue weighted by molar-refractivity contribution is 0.413. The molecule has 25 heavy (non-hydrogen) atoms. The van der Waals surface area contributed by atoms with Gasteiger partial charge in [-0.15, -0.1) is 0 Å². The Morgan fingerprint density at radius 1 is 1.16 bits per heavy atom. The molecule has 124 valence electrons. The van der Waals surface area contributed by atoms with Crippen LogP contribution >= 0.6 is 0 Å². The molecule has 2 heterocycles. The number of methoxy groups -OCH3 is 1. The van der Waals surface area contributed by atoms with Crippen molar-refractivity contribution in [2.45, 2.75) is 0 Å². The summed E-state index contributed by atoms with van der Waals surface area (Å²) in [6, 6.07) is 13.9. The number of aromatic amines is 1. The zero-order chi connectivity index (χ0) is 17.4. The quantitative estimate of drug-likeness (QED) is 0.600. The number of nitrogens with one attached hydrogen (secondary N) is 1. The Hall–Kier alpha value is -3.61. The Kier molecular flexibility index (Phi) is 3.46. The fourth-order valence-corrected chi connectivity index (χ4v) is 2.72. The molecule has 2 N–H and O–H groups in total. The van der Waals surface area contributed by atoms with E-state index in [9.17, 15) is 9.90 Å². The molecular formula is C18H14N4O3. The fraction of sp³-hybridized carbons (Fsp3) is 0.0556. The smallest absolute Gasteiger partial charge is 0.333 e. The summed E-state index contributed by atoms with van der Waals surface area (Å²) in [5, 5.41) is 9.67. The molecule has 0 amide bonds. The SMILES string of the molecule is COc1ccccc1-n1c(=O)[nH]c2ncc(-c3cccc(O)c3)nc21. The van der Waals surface area contributed by atoms with Crippen molar-refractivity contribution in [1.82, 2.24) is 19.5 Å². The highest BCUT2D eigenvalue weighted by Gasteiger charge is 2.15. The van der Waals surface area contributed by atoms with Crippen LogP contribution in [-0.4, -0.2) is 31.7 Å². The number of phenolic OH excluding ortho intramolecular Hbond substituents is 1. The average molecular weight is 334 g/mol. The van der Waals surface area contributed by atoms with Crippen LogP contribution in [0.3, 0.4) is 0 Å². The van der Waals surface area contributed by atoms with Crippen molar-refractivity contribution in [2.75, 3.05) is 7.11 Å². The normalized spacial score (nSPS) is 10.9. The number of hydrogen-bond acceptors (Lipinski definition) is 5. The summed E-state index contributed by atoms with van der Waals surface area (Å²) in [7, 11) is 1.54. The van der Waals surface area contributed by atoms with Gasteiger partial charge in [0.15, 0.2) is 11.3 Å². The van der Waals surface area contributed by atoms with Gasteiger partial charge in [0.1, 0.15) is 11.5 Å². The number of H-pyrrole nitrogens is 1. The first-order valence-corrected chi connectivity index (χ1v) is 7.58. The first-order chi connectivity index (χ1) is 12.2. The highest BCUT2D eigenvalue weighted by molar-refractivity contribution is 5.74. The maximum absolute atomic E-state index is 12.4. The van der Waals surface area contributed by atoms with E-state index in [1.807, 2.05) is 18.2 Å². The highest BCUT2D eigenvalue weighted by atomic mass is 16.5. The van der Waals surface area contributed by atoms with Crippen LogP contribution in [0.25, 0.3) is 28.2 Å². The highest BCUT2D eigenvalue weighted by Crippen LogP contribution is 2.25. The number of aromatic nitrogens is 4. The molecule has 0 bridgehead atoms. The van der Waals surface area contributed by atoms with Gasteiger partial charge in [0.25, 0.3) is 0 Å². The minimum absolute atomic E-state index is 0.135. The standard InChI is InChI=1S/C18H14N4O3/c1-25-15-8-3-2-7-14(15)22-17-16(21-18(22)24)19-10-13(20-17)11-5-4-6-12(23)9-11/h2-10,23H,1H3,(H,19,21,24). The van der Waals surface area contributed by atoms with Crippen LogP contribution in [-0.2, 0) is 0 Å². The number of aromatic hydroxyl groups is 1. The molecule has 2 aromatic carbocycles. The molecule has 0 saturated carbocycles. The van der Waals surface area contributed by atoms with E-state index >= 15 is 0 Å². The van der Waals surface area contributed by atoms with Gasteiger partial charge in [-0.3, -0.25) is 4.98 Å². The minimum Gasteiger partial charge on any atom is -0.508 e. The number of imidazole rings is 1. The first kappa shape index (κ1) is 14.9. The molecule has 7 heteroatoms. The molecule has 4 aromatic rings. The third-order valence-corrected chi connectivity index (χ3v) is 3.86. The van der Waals surface area contributed by atoms with Crippen LogP contribution in [0.1, 0.15) is 0 Å². The number of phenols is 1. The van der Waals surface area contributed by atoms with Crippen LogP contribution in [0.4, 0.5) is 0 Å². The van der Waals surface area contributed by atoms with E-state index in [-0.39, 0.29) is 11.4 Å². The Bertz CT molecular complexity index is 1130. The van der Waals surface area contributed by atoms with Crippen LogP contribution in [0.15, 0.2) is 59.5 Å². The lowest BCUT2D eigenvalue weighted by atomic mass is 10.1. The molecule has 7 nitrogen and oxygen atoms in total. The summed E-state index contributed by atoms with van der Waals surface area (Å²) < 4.78 is 6.77. The third kappa shape index (κ3) is 2.51. The van der Waals surface area contributed by atoms with Crippen molar-refractivity contribution in [1.29, 1.82) is 0 Å². The molecule has 0 aliphatic heterocycles. The Morgan fingerprint density at radius 3 is 2.80 bits per heavy atom. The van der Waals surface area contributed by atoms with Gasteiger partial charge < -0.3 is 9.84 Å². The van der Waals surface area contributed by atoms with Gasteiger partial charge >= 0.3 is 5.69 Å². The number of para-hydroxylation sites is 2. The molecule has 2 aromatic heterocycles. The van der Waals surface area contributed by atoms with Gasteiger partial charge in [-0.2, -0.15) is 0 Å². The molecule has 0 fully saturated rings. The van der Waals surface area contributed by atoms with Crippen molar-refractivity contribution >= 4 is 11.3 Å². The largest absolute Gasteiger partial charge is 0.508 e. The predicted molar refractivity (Wildman–Crippen MR) is 93.1 cm³/mol. The second-order valence-electron chi connectivity index (χ2n) is 5.42. The third-order valence-electron chi connectivity index (χ3n) is 3.86. The fourth-order valence-electron chi connectivity index (χ4n) is 2.72. The molecule has 0 aliphatic carbocycles. The van der Waals surface area contributed by atoms with E-state index in [2.05, 4.69) is 15.0 Å². The zero-order valence-corrected chi connectivity index (χ0v) is 13.3. The molecule has 0 radical (unpaired) electrons. The van der Waals surface area contributed by atoms with Crippen molar-refractivity contribution < 1.29 is 9.84 Å². The van der Waals surface area contributed by atoms with E-state index in [0.717, 1.165) is 0 Å². The maximum Gasteiger partial charge on any atom is 0.333 e. The Morgan fingerprint density at radius 2 is 2.00 bits per heavy atom. The summed E-state index contributed by atoms with van der Waals surface area (Å²) in [6.45, 7) is 0. The van der Waals surface area contributed by atoms with Crippen molar-refractivity contribution in [3.63, 3.8) is 0 Å². The summed E-state index contributed by atoms with van der Waals surface area (Å²) in [5.41, 5.74) is 2.23. The van der Waals surface area contributed by atoms with E-state index in [4.69, 9.17) is 4.74 Å². The topological polar surface area (TPSA) is 93.0 Å². The van der Waals surface area contributed by atoms with Gasteiger partial charge in [-0.1, -0.05) is 24.3 Å². The van der Waals surface area contributed by atoms with E-state index in [0.29, 0.717) is 34.0 Å². The van der Waals surface area contributed by atoms with Gasteiger partial charge in [-0.05, 0) is 24.3 Å². The molecule has 0 atom stereocenters. The second kappa shape index (κ2) is 5.79. The van der Waals surface area contributed by atoms with Crippen LogP contribution < -0.4 is 10.4 Å². The summed E-state index contributed by atoms with van der Waals surface area (Å²) in [4.78, 5) is 24.0. The molecule has 4 rings (SSSR count). The van der Waals surface area contributed by atoms with Gasteiger partial charge in [0, 0.05) is 5.56 Å². The monoisotopic (exact) mass is 334 g/mol. The molecule has 0 aliphatic rings. The number of fused-ring (bicyclic) bond motifs is 1. The van der Waals surface area contributed by atoms with E-state index < -0.39 is 0 Å². The molecule has 0 saturated heterocycles. The van der Waals surface area contributed by atoms with Crippen molar-refractivity contribution in [3.05, 3.63) is 65.2 Å². The maximum atomic E-state index is 12.4. The number of ether oxygens (including phenoxy) is 1. The van der Waals surface area contributed by atoms with Gasteiger partial charge in [0.2, 0.25) is 0 Å². The average Bonchev–Trinajstić information content (AvgIpc) is 2.96. The molecule has 0 unspecified atom stereocenters. The summed E-state index contributed by atoms with van der Waals surface area (Å²) in [6.07, 6.45) is 1.56. The van der Waals surface area contributed by atoms with Crippen LogP contribution in [0.2, 0.25) is 0 Å². The van der Waals surface area contributed by atoms with Crippen LogP contribution in [0.5, 0.6) is 11.5 Å². The number of rotatable bonds is 3. The predicted octanol–water partition coefficient (Wildman–Crippen LogP) is 2.49. The number of benzene rings is 2. The van der Waals surface area contributed by atoms with Crippen molar-refractivity contribution in [3.8, 4) is 28.4 Å². The number of nitrogens with zero attached hydrogens (tertiary/aromatic N) is 3. The van der Waals surface area contributed by atoms with Gasteiger partial charge in [-0.25, -0.2) is 19.3 Å². The summed E-state index contributed by atoms with van der Waals surface area (Å²) in [5.74, 6) is 0.686. The van der Waals surface area contributed by atoms with E-state index in [1.165, 1.54) is 4.57 Å². The second-order valence-corrected chi connectivity index (χ2v) is 5.42. The van der Waals surface area contributed by atoms with Crippen molar-refractivity contribution in [2.24, 2.45) is 0 Å². The minimum atomic E-state index is -0.354. The zero-order valence-electron chi connectivity index (χ0n) is 13.3. The van der Waals surface area contributed by atoms with Crippen LogP contribution in [0, 0.1) is 0 Å². The molecule has 0 spiro atoms. The van der Waals surface area contributed by atoms with E-state index in [1.54, 1.807) is 43.6 Å². The Labute approximate surface area is 142 Å². The lowest BCUT2D eigenvalue weighted by Crippen LogP contribution is -2.15.